The third-order valence-corrected chi connectivity index (χ3v) is 5.61. The Labute approximate surface area is 183 Å². The first-order valence-corrected chi connectivity index (χ1v) is 11.3. The van der Waals surface area contributed by atoms with Gasteiger partial charge in [-0.1, -0.05) is 80.9 Å². The van der Waals surface area contributed by atoms with Crippen molar-refractivity contribution in [1.82, 2.24) is 4.90 Å². The summed E-state index contributed by atoms with van der Waals surface area (Å²) < 4.78 is 5.84. The van der Waals surface area contributed by atoms with Gasteiger partial charge in [-0.3, -0.25) is 9.69 Å². The van der Waals surface area contributed by atoms with Crippen LogP contribution in [0.3, 0.4) is 0 Å². The van der Waals surface area contributed by atoms with Crippen molar-refractivity contribution in [3.63, 3.8) is 0 Å². The van der Waals surface area contributed by atoms with E-state index in [1.807, 2.05) is 26.8 Å². The molecule has 0 saturated heterocycles. The van der Waals surface area contributed by atoms with Crippen molar-refractivity contribution in [2.75, 3.05) is 0 Å². The van der Waals surface area contributed by atoms with Crippen molar-refractivity contribution in [2.45, 2.75) is 85.0 Å². The molecule has 0 fully saturated rings. The molecular weight excluding hydrogens is 370 g/mol. The van der Waals surface area contributed by atoms with Gasteiger partial charge in [-0.05, 0) is 51.7 Å². The number of esters is 1. The van der Waals surface area contributed by atoms with Crippen LogP contribution in [-0.2, 0) is 16.1 Å². The third-order valence-electron chi connectivity index (χ3n) is 5.61. The van der Waals surface area contributed by atoms with E-state index >= 15 is 0 Å². The van der Waals surface area contributed by atoms with Gasteiger partial charge in [0.25, 0.3) is 0 Å². The molecular formula is C27H39NO2. The molecule has 2 rings (SSSR count). The predicted molar refractivity (Wildman–Crippen MR) is 125 cm³/mol. The topological polar surface area (TPSA) is 29.5 Å². The standard InChI is InChI=1S/C27H39NO2/c1-7-15-25(24(8-2)26(29)30-27(4,5)6)28(20-22-16-11-9-12-17-22)21(3)23-18-13-10-14-19-23/h9-14,16-19,21,24-25H,7-8,15,20H2,1-6H3/t21-,24-,25-/m1/s1. The molecule has 0 bridgehead atoms. The Morgan fingerprint density at radius 3 is 2.03 bits per heavy atom. The van der Waals surface area contributed by atoms with Crippen LogP contribution in [0.4, 0.5) is 0 Å². The lowest BCUT2D eigenvalue weighted by atomic mass is 9.89. The molecule has 0 heterocycles. The molecule has 0 radical (unpaired) electrons. The van der Waals surface area contributed by atoms with Crippen LogP contribution in [0.15, 0.2) is 60.7 Å². The van der Waals surface area contributed by atoms with Crippen LogP contribution in [0, 0.1) is 5.92 Å². The van der Waals surface area contributed by atoms with Gasteiger partial charge in [0.15, 0.2) is 0 Å². The van der Waals surface area contributed by atoms with Crippen LogP contribution in [0.5, 0.6) is 0 Å². The van der Waals surface area contributed by atoms with E-state index in [1.54, 1.807) is 0 Å². The van der Waals surface area contributed by atoms with Crippen molar-refractivity contribution < 1.29 is 9.53 Å². The second-order valence-electron chi connectivity index (χ2n) is 9.15. The highest BCUT2D eigenvalue weighted by Crippen LogP contribution is 2.32. The Balaban J connectivity index is 2.42. The fraction of sp³-hybridized carbons (Fsp3) is 0.519. The summed E-state index contributed by atoms with van der Waals surface area (Å²) in [4.78, 5) is 15.7. The normalized spacial score (nSPS) is 14.9. The van der Waals surface area contributed by atoms with E-state index in [4.69, 9.17) is 4.74 Å². The first-order chi connectivity index (χ1) is 14.3. The number of carbonyl (C=O) groups excluding carboxylic acids is 1. The molecule has 0 aliphatic carbocycles. The average Bonchev–Trinajstić information content (AvgIpc) is 2.71. The van der Waals surface area contributed by atoms with Crippen LogP contribution in [0.2, 0.25) is 0 Å². The summed E-state index contributed by atoms with van der Waals surface area (Å²) >= 11 is 0. The highest BCUT2D eigenvalue weighted by Gasteiger charge is 2.36. The van der Waals surface area contributed by atoms with Gasteiger partial charge in [-0.25, -0.2) is 0 Å². The number of ether oxygens (including phenoxy) is 1. The monoisotopic (exact) mass is 409 g/mol. The summed E-state index contributed by atoms with van der Waals surface area (Å²) in [7, 11) is 0. The van der Waals surface area contributed by atoms with E-state index in [0.717, 1.165) is 25.8 Å². The van der Waals surface area contributed by atoms with Gasteiger partial charge < -0.3 is 4.74 Å². The van der Waals surface area contributed by atoms with Crippen molar-refractivity contribution >= 4 is 5.97 Å². The molecule has 2 aromatic rings. The smallest absolute Gasteiger partial charge is 0.311 e. The van der Waals surface area contributed by atoms with Crippen molar-refractivity contribution in [2.24, 2.45) is 5.92 Å². The zero-order valence-corrected chi connectivity index (χ0v) is 19.6. The Kier molecular flexibility index (Phi) is 9.10. The van der Waals surface area contributed by atoms with E-state index in [0.29, 0.717) is 0 Å². The molecule has 0 aliphatic rings. The molecule has 30 heavy (non-hydrogen) atoms. The molecule has 2 aromatic carbocycles. The van der Waals surface area contributed by atoms with E-state index in [-0.39, 0.29) is 24.0 Å². The van der Waals surface area contributed by atoms with E-state index in [1.165, 1.54) is 11.1 Å². The van der Waals surface area contributed by atoms with Gasteiger partial charge >= 0.3 is 5.97 Å². The van der Waals surface area contributed by atoms with E-state index in [2.05, 4.69) is 80.3 Å². The number of carbonyl (C=O) groups is 1. The second kappa shape index (κ2) is 11.3. The average molecular weight is 410 g/mol. The second-order valence-corrected chi connectivity index (χ2v) is 9.15. The highest BCUT2D eigenvalue weighted by atomic mass is 16.6. The molecule has 0 spiro atoms. The largest absolute Gasteiger partial charge is 0.460 e. The lowest BCUT2D eigenvalue weighted by Gasteiger charge is -2.40. The SMILES string of the molecule is CCC[C@H]([C@@H](CC)C(=O)OC(C)(C)C)N(Cc1ccccc1)[C@H](C)c1ccccc1. The summed E-state index contributed by atoms with van der Waals surface area (Å²) in [5.41, 5.74) is 2.06. The summed E-state index contributed by atoms with van der Waals surface area (Å²) in [5, 5.41) is 0. The number of hydrogen-bond acceptors (Lipinski definition) is 3. The van der Waals surface area contributed by atoms with Gasteiger partial charge in [-0.15, -0.1) is 0 Å². The van der Waals surface area contributed by atoms with Gasteiger partial charge in [-0.2, -0.15) is 0 Å². The molecule has 0 N–H and O–H groups in total. The minimum atomic E-state index is -0.476. The summed E-state index contributed by atoms with van der Waals surface area (Å²) in [6.07, 6.45) is 2.75. The minimum absolute atomic E-state index is 0.0817. The fourth-order valence-corrected chi connectivity index (χ4v) is 4.13. The molecule has 164 valence electrons. The van der Waals surface area contributed by atoms with Gasteiger partial charge in [0, 0.05) is 18.6 Å². The molecule has 3 heteroatoms. The molecule has 0 saturated carbocycles. The van der Waals surface area contributed by atoms with Crippen LogP contribution < -0.4 is 0 Å². The molecule has 0 amide bonds. The zero-order chi connectivity index (χ0) is 22.1. The maximum atomic E-state index is 13.2. The third kappa shape index (κ3) is 6.98. The highest BCUT2D eigenvalue weighted by molar-refractivity contribution is 5.73. The maximum Gasteiger partial charge on any atom is 0.311 e. The Hall–Kier alpha value is -2.13. The predicted octanol–water partition coefficient (Wildman–Crippen LogP) is 6.79. The van der Waals surface area contributed by atoms with Gasteiger partial charge in [0.2, 0.25) is 0 Å². The molecule has 0 unspecified atom stereocenters. The lowest BCUT2D eigenvalue weighted by Crippen LogP contribution is -2.46. The van der Waals surface area contributed by atoms with Crippen LogP contribution in [0.1, 0.15) is 78.0 Å². The maximum absolute atomic E-state index is 13.2. The summed E-state index contributed by atoms with van der Waals surface area (Å²) in [6, 6.07) is 21.5. The Morgan fingerprint density at radius 1 is 0.967 bits per heavy atom. The number of nitrogens with zero attached hydrogens (tertiary/aromatic N) is 1. The van der Waals surface area contributed by atoms with Crippen LogP contribution in [-0.4, -0.2) is 22.5 Å². The summed E-state index contributed by atoms with van der Waals surface area (Å²) in [6.45, 7) is 13.2. The first-order valence-electron chi connectivity index (χ1n) is 11.3. The Morgan fingerprint density at radius 2 is 1.53 bits per heavy atom. The van der Waals surface area contributed by atoms with Crippen LogP contribution >= 0.6 is 0 Å². The molecule has 0 aliphatic heterocycles. The van der Waals surface area contributed by atoms with E-state index in [9.17, 15) is 4.79 Å². The number of hydrogen-bond donors (Lipinski definition) is 0. The van der Waals surface area contributed by atoms with Crippen molar-refractivity contribution in [3.05, 3.63) is 71.8 Å². The summed E-state index contributed by atoms with van der Waals surface area (Å²) in [5.74, 6) is -0.235. The van der Waals surface area contributed by atoms with Crippen molar-refractivity contribution in [1.29, 1.82) is 0 Å². The quantitative estimate of drug-likeness (QED) is 0.405. The number of benzene rings is 2. The lowest BCUT2D eigenvalue weighted by molar-refractivity contribution is -0.163. The van der Waals surface area contributed by atoms with Crippen LogP contribution in [0.25, 0.3) is 0 Å². The number of rotatable bonds is 10. The van der Waals surface area contributed by atoms with Gasteiger partial charge in [0.1, 0.15) is 5.60 Å². The van der Waals surface area contributed by atoms with E-state index < -0.39 is 5.60 Å². The van der Waals surface area contributed by atoms with Crippen molar-refractivity contribution in [3.8, 4) is 0 Å². The molecule has 0 aromatic heterocycles. The minimum Gasteiger partial charge on any atom is -0.460 e. The Bertz CT molecular complexity index is 751. The molecule has 3 atom stereocenters. The fourth-order valence-electron chi connectivity index (χ4n) is 4.13. The first kappa shape index (κ1) is 24.1. The van der Waals surface area contributed by atoms with Gasteiger partial charge in [0.05, 0.1) is 5.92 Å². The molecule has 3 nitrogen and oxygen atoms in total. The zero-order valence-electron chi connectivity index (χ0n) is 19.6.